The van der Waals surface area contributed by atoms with E-state index in [4.69, 9.17) is 14.2 Å². The fourth-order valence-corrected chi connectivity index (χ4v) is 1.51. The molecule has 0 aliphatic carbocycles. The van der Waals surface area contributed by atoms with Gasteiger partial charge in [0.15, 0.2) is 6.29 Å². The molecule has 0 saturated carbocycles. The third kappa shape index (κ3) is 2.83. The van der Waals surface area contributed by atoms with Crippen molar-refractivity contribution in [1.82, 2.24) is 4.98 Å². The summed E-state index contributed by atoms with van der Waals surface area (Å²) < 4.78 is 16.0. The van der Waals surface area contributed by atoms with Crippen molar-refractivity contribution < 1.29 is 14.2 Å². The zero-order valence-electron chi connectivity index (χ0n) is 8.81. The highest BCUT2D eigenvalue weighted by molar-refractivity contribution is 5.22. The number of hydrogen-bond donors (Lipinski definition) is 0. The van der Waals surface area contributed by atoms with Crippen molar-refractivity contribution in [1.29, 1.82) is 0 Å². The summed E-state index contributed by atoms with van der Waals surface area (Å²) in [5, 5.41) is 0. The van der Waals surface area contributed by atoms with Crippen LogP contribution in [0.5, 0.6) is 11.6 Å². The van der Waals surface area contributed by atoms with Crippen molar-refractivity contribution in [3.8, 4) is 11.6 Å². The summed E-state index contributed by atoms with van der Waals surface area (Å²) >= 11 is 0. The second-order valence-corrected chi connectivity index (χ2v) is 3.45. The van der Waals surface area contributed by atoms with E-state index in [0.29, 0.717) is 5.88 Å². The summed E-state index contributed by atoms with van der Waals surface area (Å²) in [5.41, 5.74) is 0. The van der Waals surface area contributed by atoms with Gasteiger partial charge >= 0.3 is 0 Å². The number of pyridine rings is 1. The minimum absolute atomic E-state index is 0.117. The van der Waals surface area contributed by atoms with Gasteiger partial charge in [0, 0.05) is 12.5 Å². The molecule has 82 valence electrons. The van der Waals surface area contributed by atoms with Crippen molar-refractivity contribution in [2.75, 3.05) is 13.7 Å². The molecule has 1 saturated heterocycles. The predicted octanol–water partition coefficient (Wildman–Crippen LogP) is 2.00. The van der Waals surface area contributed by atoms with Crippen LogP contribution in [-0.2, 0) is 4.74 Å². The second-order valence-electron chi connectivity index (χ2n) is 3.45. The van der Waals surface area contributed by atoms with Gasteiger partial charge in [0.1, 0.15) is 5.75 Å². The standard InChI is InChI=1S/C11H15NO3/c1-13-10-6-5-9(8-12-10)15-11-4-2-3-7-14-11/h5-6,8,11H,2-4,7H2,1H3/t11-/m1/s1. The summed E-state index contributed by atoms with van der Waals surface area (Å²) in [6.07, 6.45) is 4.77. The molecule has 0 unspecified atom stereocenters. The largest absolute Gasteiger partial charge is 0.481 e. The lowest BCUT2D eigenvalue weighted by Gasteiger charge is -2.23. The molecule has 2 heterocycles. The Hall–Kier alpha value is -1.29. The lowest BCUT2D eigenvalue weighted by atomic mass is 10.2. The summed E-state index contributed by atoms with van der Waals surface area (Å²) in [4.78, 5) is 4.06. The van der Waals surface area contributed by atoms with E-state index in [1.54, 1.807) is 19.4 Å². The maximum Gasteiger partial charge on any atom is 0.213 e. The quantitative estimate of drug-likeness (QED) is 0.763. The van der Waals surface area contributed by atoms with Gasteiger partial charge in [-0.3, -0.25) is 0 Å². The highest BCUT2D eigenvalue weighted by Gasteiger charge is 2.15. The van der Waals surface area contributed by atoms with Crippen LogP contribution in [-0.4, -0.2) is 25.0 Å². The highest BCUT2D eigenvalue weighted by atomic mass is 16.7. The normalized spacial score (nSPS) is 21.0. The van der Waals surface area contributed by atoms with Crippen LogP contribution in [0.25, 0.3) is 0 Å². The Bertz CT molecular complexity index is 293. The number of rotatable bonds is 3. The molecule has 0 aromatic carbocycles. The van der Waals surface area contributed by atoms with Gasteiger partial charge in [0.2, 0.25) is 5.88 Å². The minimum Gasteiger partial charge on any atom is -0.481 e. The highest BCUT2D eigenvalue weighted by Crippen LogP contribution is 2.19. The Labute approximate surface area is 89.2 Å². The molecule has 1 atom stereocenters. The number of methoxy groups -OCH3 is 1. The van der Waals surface area contributed by atoms with E-state index in [1.165, 1.54) is 0 Å². The van der Waals surface area contributed by atoms with Crippen LogP contribution in [0.2, 0.25) is 0 Å². The van der Waals surface area contributed by atoms with Gasteiger partial charge in [-0.05, 0) is 18.9 Å². The topological polar surface area (TPSA) is 40.6 Å². The molecular weight excluding hydrogens is 194 g/mol. The Balaban J connectivity index is 1.91. The van der Waals surface area contributed by atoms with Crippen LogP contribution >= 0.6 is 0 Å². The maximum atomic E-state index is 5.61. The fourth-order valence-electron chi connectivity index (χ4n) is 1.51. The molecule has 15 heavy (non-hydrogen) atoms. The van der Waals surface area contributed by atoms with Crippen LogP contribution in [0.15, 0.2) is 18.3 Å². The first-order valence-corrected chi connectivity index (χ1v) is 5.17. The first kappa shape index (κ1) is 10.2. The fraction of sp³-hybridized carbons (Fsp3) is 0.545. The molecule has 1 fully saturated rings. The molecule has 0 N–H and O–H groups in total. The van der Waals surface area contributed by atoms with Gasteiger partial charge in [-0.1, -0.05) is 0 Å². The third-order valence-corrected chi connectivity index (χ3v) is 2.32. The Morgan fingerprint density at radius 2 is 2.33 bits per heavy atom. The zero-order valence-corrected chi connectivity index (χ0v) is 8.81. The van der Waals surface area contributed by atoms with Crippen LogP contribution in [0.3, 0.4) is 0 Å². The molecular formula is C11H15NO3. The lowest BCUT2D eigenvalue weighted by molar-refractivity contribution is -0.106. The number of ether oxygens (including phenoxy) is 3. The van der Waals surface area contributed by atoms with E-state index in [9.17, 15) is 0 Å². The summed E-state index contributed by atoms with van der Waals surface area (Å²) in [7, 11) is 1.59. The van der Waals surface area contributed by atoms with Crippen LogP contribution in [0, 0.1) is 0 Å². The molecule has 1 aromatic rings. The van der Waals surface area contributed by atoms with Crippen LogP contribution < -0.4 is 9.47 Å². The van der Waals surface area contributed by atoms with Crippen LogP contribution in [0.1, 0.15) is 19.3 Å². The predicted molar refractivity (Wildman–Crippen MR) is 55.0 cm³/mol. The number of nitrogens with zero attached hydrogens (tertiary/aromatic N) is 1. The van der Waals surface area contributed by atoms with E-state index in [-0.39, 0.29) is 6.29 Å². The first-order valence-electron chi connectivity index (χ1n) is 5.17. The molecule has 2 rings (SSSR count). The molecule has 1 aliphatic rings. The molecule has 1 aliphatic heterocycles. The van der Waals surface area contributed by atoms with Gasteiger partial charge in [-0.2, -0.15) is 0 Å². The van der Waals surface area contributed by atoms with Gasteiger partial charge < -0.3 is 14.2 Å². The third-order valence-electron chi connectivity index (χ3n) is 2.32. The van der Waals surface area contributed by atoms with Crippen molar-refractivity contribution in [3.05, 3.63) is 18.3 Å². The summed E-state index contributed by atoms with van der Waals surface area (Å²) in [5.74, 6) is 1.31. The Kier molecular flexibility index (Phi) is 3.40. The van der Waals surface area contributed by atoms with Gasteiger partial charge in [-0.15, -0.1) is 0 Å². The van der Waals surface area contributed by atoms with E-state index >= 15 is 0 Å². The molecule has 0 bridgehead atoms. The number of aromatic nitrogens is 1. The van der Waals surface area contributed by atoms with Gasteiger partial charge in [0.25, 0.3) is 0 Å². The average molecular weight is 209 g/mol. The number of hydrogen-bond acceptors (Lipinski definition) is 4. The van der Waals surface area contributed by atoms with E-state index in [2.05, 4.69) is 4.98 Å². The van der Waals surface area contributed by atoms with Crippen molar-refractivity contribution in [2.45, 2.75) is 25.6 Å². The second kappa shape index (κ2) is 4.98. The van der Waals surface area contributed by atoms with Crippen molar-refractivity contribution in [2.24, 2.45) is 0 Å². The smallest absolute Gasteiger partial charge is 0.213 e. The molecule has 0 radical (unpaired) electrons. The van der Waals surface area contributed by atoms with Gasteiger partial charge in [-0.25, -0.2) is 4.98 Å². The van der Waals surface area contributed by atoms with Crippen molar-refractivity contribution >= 4 is 0 Å². The van der Waals surface area contributed by atoms with Crippen molar-refractivity contribution in [3.63, 3.8) is 0 Å². The molecule has 1 aromatic heterocycles. The average Bonchev–Trinajstić information content (AvgIpc) is 2.31. The van der Waals surface area contributed by atoms with Crippen LogP contribution in [0.4, 0.5) is 0 Å². The first-order chi connectivity index (χ1) is 7.38. The Morgan fingerprint density at radius 3 is 2.93 bits per heavy atom. The minimum atomic E-state index is -0.117. The maximum absolute atomic E-state index is 5.61. The van der Waals surface area contributed by atoms with Gasteiger partial charge in [0.05, 0.1) is 19.9 Å². The molecule has 0 spiro atoms. The monoisotopic (exact) mass is 209 g/mol. The summed E-state index contributed by atoms with van der Waals surface area (Å²) in [6, 6.07) is 3.61. The van der Waals surface area contributed by atoms with E-state index in [0.717, 1.165) is 31.6 Å². The van der Waals surface area contributed by atoms with E-state index in [1.807, 2.05) is 6.07 Å². The zero-order chi connectivity index (χ0) is 10.5. The molecule has 0 amide bonds. The lowest BCUT2D eigenvalue weighted by Crippen LogP contribution is -2.24. The molecule has 4 heteroatoms. The Morgan fingerprint density at radius 1 is 1.40 bits per heavy atom. The van der Waals surface area contributed by atoms with E-state index < -0.39 is 0 Å². The molecule has 4 nitrogen and oxygen atoms in total. The SMILES string of the molecule is COc1ccc(O[C@@H]2CCCCO2)cn1. The summed E-state index contributed by atoms with van der Waals surface area (Å²) in [6.45, 7) is 0.786.